The maximum Gasteiger partial charge on any atom is 0.374 e. The van der Waals surface area contributed by atoms with E-state index < -0.39 is 35.2 Å². The molecule has 3 amide bonds. The van der Waals surface area contributed by atoms with E-state index in [2.05, 4.69) is 36.1 Å². The van der Waals surface area contributed by atoms with E-state index in [0.717, 1.165) is 25.3 Å². The van der Waals surface area contributed by atoms with Gasteiger partial charge in [-0.3, -0.25) is 14.4 Å². The molecule has 14 nitrogen and oxygen atoms in total. The largest absolute Gasteiger partial charge is 0.454 e. The molecular formula is C31H33ClFN9O5. The van der Waals surface area contributed by atoms with Crippen molar-refractivity contribution < 1.29 is 28.3 Å². The third-order valence-corrected chi connectivity index (χ3v) is 7.46. The Kier molecular flexibility index (Phi) is 9.94. The highest BCUT2D eigenvalue weighted by molar-refractivity contribution is 6.31. The van der Waals surface area contributed by atoms with Crippen LogP contribution in [0.5, 0.6) is 0 Å². The number of H-pyrrole nitrogens is 1. The Hall–Kier alpha value is -5.18. The Labute approximate surface area is 273 Å². The van der Waals surface area contributed by atoms with Gasteiger partial charge >= 0.3 is 5.97 Å². The lowest BCUT2D eigenvalue weighted by molar-refractivity contribution is -0.135. The van der Waals surface area contributed by atoms with Gasteiger partial charge in [-0.15, -0.1) is 5.10 Å². The number of fused-ring (bicyclic) bond motifs is 1. The average molecular weight is 666 g/mol. The minimum Gasteiger partial charge on any atom is -0.454 e. The number of aromatic nitrogens is 6. The number of amides is 3. The molecule has 0 bridgehead atoms. The first-order chi connectivity index (χ1) is 22.4. The van der Waals surface area contributed by atoms with E-state index >= 15 is 4.39 Å². The molecular weight excluding hydrogens is 633 g/mol. The van der Waals surface area contributed by atoms with Crippen molar-refractivity contribution in [1.29, 1.82) is 0 Å². The molecule has 5 rings (SSSR count). The Morgan fingerprint density at radius 3 is 2.60 bits per heavy atom. The van der Waals surface area contributed by atoms with Gasteiger partial charge in [-0.25, -0.2) is 14.2 Å². The van der Waals surface area contributed by atoms with Crippen LogP contribution in [0.3, 0.4) is 0 Å². The third-order valence-electron chi connectivity index (χ3n) is 7.17. The number of hydrogen-bond acceptors (Lipinski definition) is 9. The maximum atomic E-state index is 15.0. The van der Waals surface area contributed by atoms with E-state index in [0.29, 0.717) is 29.8 Å². The van der Waals surface area contributed by atoms with Crippen LogP contribution in [0, 0.1) is 5.82 Å². The number of anilines is 1. The summed E-state index contributed by atoms with van der Waals surface area (Å²) in [7, 11) is 0. The Morgan fingerprint density at radius 1 is 1.13 bits per heavy atom. The van der Waals surface area contributed by atoms with Gasteiger partial charge in [0, 0.05) is 30.4 Å². The zero-order valence-electron chi connectivity index (χ0n) is 25.9. The zero-order valence-corrected chi connectivity index (χ0v) is 26.7. The molecule has 3 heterocycles. The minimum absolute atomic E-state index is 0.00170. The van der Waals surface area contributed by atoms with Crippen molar-refractivity contribution in [3.8, 4) is 5.69 Å². The smallest absolute Gasteiger partial charge is 0.374 e. The average Bonchev–Trinajstić information content (AvgIpc) is 3.71. The van der Waals surface area contributed by atoms with Crippen LogP contribution in [0.2, 0.25) is 5.02 Å². The van der Waals surface area contributed by atoms with Crippen molar-refractivity contribution in [2.45, 2.75) is 58.1 Å². The van der Waals surface area contributed by atoms with Crippen molar-refractivity contribution in [3.63, 3.8) is 0 Å². The molecule has 0 spiro atoms. The normalized spacial score (nSPS) is 14.3. The van der Waals surface area contributed by atoms with E-state index in [1.165, 1.54) is 29.2 Å². The molecule has 3 N–H and O–H groups in total. The molecule has 1 fully saturated rings. The Morgan fingerprint density at radius 2 is 1.89 bits per heavy atom. The monoisotopic (exact) mass is 665 g/mol. The van der Waals surface area contributed by atoms with Gasteiger partial charge < -0.3 is 25.3 Å². The van der Waals surface area contributed by atoms with Crippen LogP contribution >= 0.6 is 11.6 Å². The molecule has 2 aromatic heterocycles. The molecule has 1 atom stereocenters. The van der Waals surface area contributed by atoms with Crippen molar-refractivity contribution in [3.05, 3.63) is 65.0 Å². The number of carbonyl (C=O) groups is 4. The lowest BCUT2D eigenvalue weighted by Gasteiger charge is -2.28. The number of hydrogen-bond donors (Lipinski definition) is 3. The van der Waals surface area contributed by atoms with E-state index in [1.54, 1.807) is 43.9 Å². The fourth-order valence-corrected chi connectivity index (χ4v) is 5.13. The van der Waals surface area contributed by atoms with Crippen molar-refractivity contribution in [1.82, 2.24) is 40.4 Å². The number of likely N-dealkylation sites (tertiary alicyclic amines) is 1. The number of imidazole rings is 1. The summed E-state index contributed by atoms with van der Waals surface area (Å²) >= 11 is 5.98. The second-order valence-electron chi connectivity index (χ2n) is 11.9. The van der Waals surface area contributed by atoms with E-state index in [4.69, 9.17) is 16.3 Å². The number of tetrazole rings is 1. The minimum atomic E-state index is -1.28. The number of rotatable bonds is 9. The van der Waals surface area contributed by atoms with Gasteiger partial charge in [-0.05, 0) is 86.9 Å². The summed E-state index contributed by atoms with van der Waals surface area (Å²) in [6.07, 6.45) is 5.87. The second-order valence-corrected chi connectivity index (χ2v) is 12.3. The summed E-state index contributed by atoms with van der Waals surface area (Å²) in [6, 6.07) is 6.29. The molecule has 0 radical (unpaired) electrons. The highest BCUT2D eigenvalue weighted by atomic mass is 35.5. The number of halogens is 2. The van der Waals surface area contributed by atoms with E-state index in [-0.39, 0.29) is 34.4 Å². The highest BCUT2D eigenvalue weighted by Gasteiger charge is 2.27. The van der Waals surface area contributed by atoms with E-state index in [9.17, 15) is 19.2 Å². The molecule has 2 aromatic carbocycles. The summed E-state index contributed by atoms with van der Waals surface area (Å²) in [5.41, 5.74) is 0.694. The molecule has 16 heteroatoms. The summed E-state index contributed by atoms with van der Waals surface area (Å²) in [6.45, 7) is 6.35. The number of carbonyl (C=O) groups excluding carboxylic acids is 4. The van der Waals surface area contributed by atoms with Crippen molar-refractivity contribution in [2.75, 3.05) is 18.4 Å². The van der Waals surface area contributed by atoms with Gasteiger partial charge in [0.05, 0.1) is 28.2 Å². The van der Waals surface area contributed by atoms with Gasteiger partial charge in [0.1, 0.15) is 18.0 Å². The van der Waals surface area contributed by atoms with Crippen LogP contribution < -0.4 is 10.6 Å². The lowest BCUT2D eigenvalue weighted by atomic mass is 10.1. The number of nitrogens with one attached hydrogen (secondary N) is 3. The summed E-state index contributed by atoms with van der Waals surface area (Å²) < 4.78 is 21.6. The fraction of sp³-hybridized carbons (Fsp3) is 0.355. The zero-order chi connectivity index (χ0) is 33.7. The van der Waals surface area contributed by atoms with Crippen LogP contribution in [0.1, 0.15) is 62.6 Å². The van der Waals surface area contributed by atoms with Gasteiger partial charge in [0.15, 0.2) is 5.82 Å². The molecule has 0 unspecified atom stereocenters. The topological polar surface area (TPSA) is 177 Å². The summed E-state index contributed by atoms with van der Waals surface area (Å²) in [5.74, 6) is -3.14. The van der Waals surface area contributed by atoms with Gasteiger partial charge in [0.2, 0.25) is 23.5 Å². The number of nitrogens with zero attached hydrogens (tertiary/aromatic N) is 6. The van der Waals surface area contributed by atoms with Gasteiger partial charge in [-0.1, -0.05) is 11.6 Å². The van der Waals surface area contributed by atoms with Crippen LogP contribution in [0.15, 0.2) is 42.7 Å². The Bertz CT molecular complexity index is 1830. The first-order valence-corrected chi connectivity index (χ1v) is 15.3. The highest BCUT2D eigenvalue weighted by Crippen LogP contribution is 2.25. The number of piperidine rings is 1. The Balaban J connectivity index is 1.35. The standard InChI is InChI=1S/C31H33ClFN9O5/c1-31(2,3)47-30(46)28-37-21-10-7-18(15-22(21)38-28)35-29(45)23(16-26(44)41-13-5-4-6-14-41)36-25(43)12-8-19-24(42-17-34-39-40-42)11-9-20(32)27(19)33/h7-12,15,17,23H,4-6,13-14,16H2,1-3H3,(H,35,45)(H,36,43)(H,37,38)/b12-8+/t23-/m0/s1. The summed E-state index contributed by atoms with van der Waals surface area (Å²) in [5, 5.41) is 16.0. The molecule has 4 aromatic rings. The molecule has 1 saturated heterocycles. The number of benzene rings is 2. The molecule has 0 aliphatic carbocycles. The first kappa shape index (κ1) is 33.2. The van der Waals surface area contributed by atoms with Crippen molar-refractivity contribution in [2.24, 2.45) is 0 Å². The fourth-order valence-electron chi connectivity index (χ4n) is 4.96. The molecule has 0 saturated carbocycles. The van der Waals surface area contributed by atoms with Crippen LogP contribution in [0.25, 0.3) is 22.8 Å². The molecule has 1 aliphatic rings. The molecule has 246 valence electrons. The maximum absolute atomic E-state index is 15.0. The van der Waals surface area contributed by atoms with Crippen LogP contribution in [-0.4, -0.2) is 83.5 Å². The molecule has 1 aliphatic heterocycles. The lowest BCUT2D eigenvalue weighted by Crippen LogP contribution is -2.47. The first-order valence-electron chi connectivity index (χ1n) is 14.9. The number of esters is 1. The summed E-state index contributed by atoms with van der Waals surface area (Å²) in [4.78, 5) is 61.1. The third kappa shape index (κ3) is 8.35. The number of aromatic amines is 1. The SMILES string of the molecule is CC(C)(C)OC(=O)c1nc2ccc(NC(=O)[C@H](CC(=O)N3CCCCC3)NC(=O)/C=C/c3c(-n4cnnn4)ccc(Cl)c3F)cc2[nH]1. The number of ether oxygens (including phenoxy) is 1. The van der Waals surface area contributed by atoms with Crippen molar-refractivity contribution >= 4 is 58.1 Å². The quantitative estimate of drug-likeness (QED) is 0.177. The van der Waals surface area contributed by atoms with Crippen LogP contribution in [0.4, 0.5) is 10.1 Å². The van der Waals surface area contributed by atoms with Gasteiger partial charge in [0.25, 0.3) is 0 Å². The molecule has 47 heavy (non-hydrogen) atoms. The van der Waals surface area contributed by atoms with E-state index in [1.807, 2.05) is 0 Å². The predicted molar refractivity (Wildman–Crippen MR) is 170 cm³/mol. The second kappa shape index (κ2) is 14.1. The van der Waals surface area contributed by atoms with Gasteiger partial charge in [-0.2, -0.15) is 4.68 Å². The van der Waals surface area contributed by atoms with Crippen LogP contribution in [-0.2, 0) is 19.1 Å². The predicted octanol–water partition coefficient (Wildman–Crippen LogP) is 3.83.